The highest BCUT2D eigenvalue weighted by Gasteiger charge is 2.31. The van der Waals surface area contributed by atoms with Gasteiger partial charge in [-0.3, -0.25) is 14.5 Å². The van der Waals surface area contributed by atoms with Crippen LogP contribution < -0.4 is 4.90 Å². The minimum Gasteiger partial charge on any atom is -0.478 e. The zero-order valence-corrected chi connectivity index (χ0v) is 11.4. The summed E-state index contributed by atoms with van der Waals surface area (Å²) in [7, 11) is 0. The quantitative estimate of drug-likeness (QED) is 0.684. The Morgan fingerprint density at radius 1 is 1.33 bits per heavy atom. The Morgan fingerprint density at radius 2 is 1.95 bits per heavy atom. The summed E-state index contributed by atoms with van der Waals surface area (Å²) in [5, 5.41) is 8.51. The lowest BCUT2D eigenvalue weighted by Gasteiger charge is -2.28. The largest absolute Gasteiger partial charge is 0.478 e. The van der Waals surface area contributed by atoms with Crippen LogP contribution in [0.4, 0.5) is 10.1 Å². The SMILES string of the molecule is CC1CC(=O)N(c2ccc(C=CC(=O)O)c(F)c2)C(=O)C1. The highest BCUT2D eigenvalue weighted by molar-refractivity contribution is 6.16. The Hall–Kier alpha value is -2.50. The third kappa shape index (κ3) is 3.34. The van der Waals surface area contributed by atoms with E-state index in [9.17, 15) is 18.8 Å². The summed E-state index contributed by atoms with van der Waals surface area (Å²) in [5.41, 5.74) is 0.244. The van der Waals surface area contributed by atoms with Crippen molar-refractivity contribution in [3.8, 4) is 0 Å². The smallest absolute Gasteiger partial charge is 0.328 e. The second-order valence-corrected chi connectivity index (χ2v) is 5.01. The molecule has 21 heavy (non-hydrogen) atoms. The molecule has 0 spiro atoms. The summed E-state index contributed by atoms with van der Waals surface area (Å²) in [5.74, 6) is -2.60. The molecule has 1 aromatic rings. The maximum atomic E-state index is 13.9. The Morgan fingerprint density at radius 3 is 2.48 bits per heavy atom. The molecule has 1 aliphatic heterocycles. The van der Waals surface area contributed by atoms with Crippen LogP contribution >= 0.6 is 0 Å². The number of nitrogens with zero attached hydrogens (tertiary/aromatic N) is 1. The monoisotopic (exact) mass is 291 g/mol. The Labute approximate surface area is 120 Å². The maximum Gasteiger partial charge on any atom is 0.328 e. The van der Waals surface area contributed by atoms with Crippen LogP contribution in [0.15, 0.2) is 24.3 Å². The van der Waals surface area contributed by atoms with Gasteiger partial charge in [-0.1, -0.05) is 6.92 Å². The topological polar surface area (TPSA) is 74.7 Å². The molecule has 2 amide bonds. The van der Waals surface area contributed by atoms with Gasteiger partial charge in [0.2, 0.25) is 11.8 Å². The second-order valence-electron chi connectivity index (χ2n) is 5.01. The molecule has 6 heteroatoms. The van der Waals surface area contributed by atoms with Gasteiger partial charge in [0.25, 0.3) is 0 Å². The molecule has 0 bridgehead atoms. The minimum atomic E-state index is -1.19. The van der Waals surface area contributed by atoms with Crippen molar-refractivity contribution in [1.82, 2.24) is 0 Å². The number of carboxylic acids is 1. The molecule has 5 nitrogen and oxygen atoms in total. The van der Waals surface area contributed by atoms with Gasteiger partial charge in [0.05, 0.1) is 5.69 Å². The van der Waals surface area contributed by atoms with Gasteiger partial charge in [0.15, 0.2) is 0 Å². The minimum absolute atomic E-state index is 0.0103. The molecule has 1 heterocycles. The molecule has 1 N–H and O–H groups in total. The molecule has 1 aromatic carbocycles. The van der Waals surface area contributed by atoms with Crippen LogP contribution in [0, 0.1) is 11.7 Å². The van der Waals surface area contributed by atoms with Gasteiger partial charge in [-0.25, -0.2) is 9.18 Å². The Balaban J connectivity index is 2.29. The Kier molecular flexibility index (Phi) is 4.16. The van der Waals surface area contributed by atoms with Crippen molar-refractivity contribution in [2.75, 3.05) is 4.90 Å². The van der Waals surface area contributed by atoms with Crippen LogP contribution in [0.25, 0.3) is 6.08 Å². The average Bonchev–Trinajstić information content (AvgIpc) is 2.36. The number of carbonyl (C=O) groups is 3. The highest BCUT2D eigenvalue weighted by atomic mass is 19.1. The molecule has 110 valence electrons. The molecule has 2 rings (SSSR count). The van der Waals surface area contributed by atoms with Crippen molar-refractivity contribution in [3.05, 3.63) is 35.7 Å². The van der Waals surface area contributed by atoms with Crippen LogP contribution in [0.2, 0.25) is 0 Å². The van der Waals surface area contributed by atoms with E-state index in [2.05, 4.69) is 0 Å². The van der Waals surface area contributed by atoms with Gasteiger partial charge in [0.1, 0.15) is 5.82 Å². The number of hydrogen-bond donors (Lipinski definition) is 1. The fourth-order valence-electron chi connectivity index (χ4n) is 2.23. The highest BCUT2D eigenvalue weighted by Crippen LogP contribution is 2.26. The summed E-state index contributed by atoms with van der Waals surface area (Å²) in [6.45, 7) is 1.81. The predicted molar refractivity (Wildman–Crippen MR) is 74.0 cm³/mol. The normalized spacial score (nSPS) is 16.8. The number of amides is 2. The number of rotatable bonds is 3. The van der Waals surface area contributed by atoms with E-state index in [1.807, 2.05) is 6.92 Å². The number of imide groups is 1. The standard InChI is InChI=1S/C15H14FNO4/c1-9-6-13(18)17(14(19)7-9)11-4-2-10(12(16)8-11)3-5-15(20)21/h2-5,8-9H,6-7H2,1H3,(H,20,21). The van der Waals surface area contributed by atoms with Crippen LogP contribution in [0.1, 0.15) is 25.3 Å². The molecule has 0 atom stereocenters. The van der Waals surface area contributed by atoms with Gasteiger partial charge in [0, 0.05) is 24.5 Å². The summed E-state index contributed by atoms with van der Waals surface area (Å²) in [6, 6.07) is 3.83. The number of piperidine rings is 1. The number of carbonyl (C=O) groups excluding carboxylic acids is 2. The summed E-state index contributed by atoms with van der Waals surface area (Å²) in [4.78, 5) is 35.2. The van der Waals surface area contributed by atoms with E-state index in [1.165, 1.54) is 12.1 Å². The van der Waals surface area contributed by atoms with Gasteiger partial charge in [-0.05, 0) is 30.2 Å². The zero-order valence-electron chi connectivity index (χ0n) is 11.4. The number of anilines is 1. The summed E-state index contributed by atoms with van der Waals surface area (Å²) < 4.78 is 13.9. The first-order valence-corrected chi connectivity index (χ1v) is 6.45. The molecular weight excluding hydrogens is 277 g/mol. The molecule has 0 unspecified atom stereocenters. The number of halogens is 1. The van der Waals surface area contributed by atoms with E-state index in [1.54, 1.807) is 0 Å². The lowest BCUT2D eigenvalue weighted by atomic mass is 9.97. The number of carboxylic acid groups (broad SMARTS) is 1. The fourth-order valence-corrected chi connectivity index (χ4v) is 2.23. The number of benzene rings is 1. The lowest BCUT2D eigenvalue weighted by Crippen LogP contribution is -2.42. The van der Waals surface area contributed by atoms with E-state index in [0.29, 0.717) is 0 Å². The van der Waals surface area contributed by atoms with Gasteiger partial charge in [-0.15, -0.1) is 0 Å². The first-order valence-electron chi connectivity index (χ1n) is 6.45. The van der Waals surface area contributed by atoms with E-state index in [0.717, 1.165) is 23.1 Å². The first kappa shape index (κ1) is 14.9. The van der Waals surface area contributed by atoms with Crippen LogP contribution in [0.3, 0.4) is 0 Å². The molecule has 1 aliphatic rings. The second kappa shape index (κ2) is 5.87. The van der Waals surface area contributed by atoms with Crippen molar-refractivity contribution in [3.63, 3.8) is 0 Å². The van der Waals surface area contributed by atoms with Crippen molar-refractivity contribution < 1.29 is 23.9 Å². The van der Waals surface area contributed by atoms with Crippen molar-refractivity contribution in [2.24, 2.45) is 5.92 Å². The number of hydrogen-bond acceptors (Lipinski definition) is 3. The average molecular weight is 291 g/mol. The fraction of sp³-hybridized carbons (Fsp3) is 0.267. The van der Waals surface area contributed by atoms with Crippen molar-refractivity contribution in [2.45, 2.75) is 19.8 Å². The maximum absolute atomic E-state index is 13.9. The zero-order chi connectivity index (χ0) is 15.6. The lowest BCUT2D eigenvalue weighted by molar-refractivity contribution is -0.132. The summed E-state index contributed by atoms with van der Waals surface area (Å²) >= 11 is 0. The van der Waals surface area contributed by atoms with E-state index >= 15 is 0 Å². The Bertz CT molecular complexity index is 621. The molecule has 1 fully saturated rings. The van der Waals surface area contributed by atoms with Gasteiger partial charge >= 0.3 is 5.97 Å². The van der Waals surface area contributed by atoms with E-state index < -0.39 is 11.8 Å². The van der Waals surface area contributed by atoms with E-state index in [-0.39, 0.29) is 41.8 Å². The molecule has 0 aliphatic carbocycles. The third-order valence-corrected chi connectivity index (χ3v) is 3.19. The van der Waals surface area contributed by atoms with Gasteiger partial charge < -0.3 is 5.11 Å². The van der Waals surface area contributed by atoms with Crippen molar-refractivity contribution >= 4 is 29.5 Å². The molecule has 0 saturated carbocycles. The molecule has 0 radical (unpaired) electrons. The number of aliphatic carboxylic acids is 1. The molecular formula is C15H14FNO4. The van der Waals surface area contributed by atoms with E-state index in [4.69, 9.17) is 5.11 Å². The molecule has 0 aromatic heterocycles. The van der Waals surface area contributed by atoms with Gasteiger partial charge in [-0.2, -0.15) is 0 Å². The third-order valence-electron chi connectivity index (χ3n) is 3.19. The molecule has 1 saturated heterocycles. The summed E-state index contributed by atoms with van der Waals surface area (Å²) in [6.07, 6.45) is 2.42. The van der Waals surface area contributed by atoms with Crippen molar-refractivity contribution in [1.29, 1.82) is 0 Å². The first-order chi connectivity index (χ1) is 9.88. The van der Waals surface area contributed by atoms with Crippen LogP contribution in [-0.4, -0.2) is 22.9 Å². The van der Waals surface area contributed by atoms with Crippen LogP contribution in [-0.2, 0) is 14.4 Å². The van der Waals surface area contributed by atoms with Crippen LogP contribution in [0.5, 0.6) is 0 Å². The predicted octanol–water partition coefficient (Wildman–Crippen LogP) is 2.21.